The lowest BCUT2D eigenvalue weighted by atomic mass is 9.97. The molecule has 0 radical (unpaired) electrons. The fourth-order valence-electron chi connectivity index (χ4n) is 1.75. The van der Waals surface area contributed by atoms with Gasteiger partial charge in [-0.2, -0.15) is 0 Å². The van der Waals surface area contributed by atoms with Gasteiger partial charge < -0.3 is 0 Å². The van der Waals surface area contributed by atoms with Crippen LogP contribution >= 0.6 is 11.6 Å². The lowest BCUT2D eigenvalue weighted by molar-refractivity contribution is 0.630. The number of rotatable bonds is 2. The number of hydrogen-bond donors (Lipinski definition) is 0. The highest BCUT2D eigenvalue weighted by Crippen LogP contribution is 2.27. The van der Waals surface area contributed by atoms with Gasteiger partial charge in [0.1, 0.15) is 5.82 Å². The van der Waals surface area contributed by atoms with Crippen molar-refractivity contribution in [2.75, 3.05) is 0 Å². The quantitative estimate of drug-likeness (QED) is 0.679. The van der Waals surface area contributed by atoms with Crippen molar-refractivity contribution >= 4 is 11.6 Å². The fraction of sp³-hybridized carbons (Fsp3) is 0.200. The smallest absolute Gasteiger partial charge is 0.131 e. The molecular formula is C15H14ClF. The molecule has 2 aromatic rings. The van der Waals surface area contributed by atoms with Gasteiger partial charge in [-0.15, -0.1) is 0 Å². The third-order valence-corrected chi connectivity index (χ3v) is 3.06. The predicted molar refractivity (Wildman–Crippen MR) is 70.9 cm³/mol. The minimum atomic E-state index is -0.197. The Morgan fingerprint density at radius 1 is 1.00 bits per heavy atom. The van der Waals surface area contributed by atoms with Crippen molar-refractivity contribution < 1.29 is 4.39 Å². The van der Waals surface area contributed by atoms with E-state index in [0.29, 0.717) is 16.5 Å². The third kappa shape index (κ3) is 2.67. The average molecular weight is 249 g/mol. The second-order valence-corrected chi connectivity index (χ2v) is 4.84. The van der Waals surface area contributed by atoms with Gasteiger partial charge in [-0.3, -0.25) is 0 Å². The predicted octanol–water partition coefficient (Wildman–Crippen LogP) is 5.27. The molecule has 2 rings (SSSR count). The summed E-state index contributed by atoms with van der Waals surface area (Å²) in [6, 6.07) is 12.5. The van der Waals surface area contributed by atoms with Gasteiger partial charge in [-0.1, -0.05) is 43.6 Å². The summed E-state index contributed by atoms with van der Waals surface area (Å²) in [5.41, 5.74) is 2.62. The third-order valence-electron chi connectivity index (χ3n) is 2.81. The molecule has 2 aromatic carbocycles. The monoisotopic (exact) mass is 248 g/mol. The summed E-state index contributed by atoms with van der Waals surface area (Å²) in [4.78, 5) is 0. The summed E-state index contributed by atoms with van der Waals surface area (Å²) in [5, 5.41) is 0.661. The van der Waals surface area contributed by atoms with E-state index in [2.05, 4.69) is 13.8 Å². The first-order valence-electron chi connectivity index (χ1n) is 5.63. The summed E-state index contributed by atoms with van der Waals surface area (Å²) in [7, 11) is 0. The van der Waals surface area contributed by atoms with Gasteiger partial charge in [0.2, 0.25) is 0 Å². The SMILES string of the molecule is CC(C)c1ccc(F)c(-c2ccc(Cl)cc2)c1. The molecule has 0 fully saturated rings. The van der Waals surface area contributed by atoms with E-state index in [1.807, 2.05) is 24.3 Å². The Morgan fingerprint density at radius 3 is 2.24 bits per heavy atom. The molecule has 88 valence electrons. The van der Waals surface area contributed by atoms with E-state index in [1.54, 1.807) is 12.1 Å². The van der Waals surface area contributed by atoms with Crippen molar-refractivity contribution in [3.05, 3.63) is 58.9 Å². The number of hydrogen-bond acceptors (Lipinski definition) is 0. The van der Waals surface area contributed by atoms with Crippen molar-refractivity contribution in [2.24, 2.45) is 0 Å². The lowest BCUT2D eigenvalue weighted by Gasteiger charge is -2.09. The Balaban J connectivity index is 2.50. The first-order chi connectivity index (χ1) is 8.08. The molecule has 0 aliphatic rings. The van der Waals surface area contributed by atoms with Crippen LogP contribution in [0.1, 0.15) is 25.3 Å². The minimum Gasteiger partial charge on any atom is -0.206 e. The molecule has 0 bridgehead atoms. The summed E-state index contributed by atoms with van der Waals surface area (Å²) >= 11 is 5.83. The normalized spacial score (nSPS) is 10.9. The standard InChI is InChI=1S/C15H14ClF/c1-10(2)12-5-8-15(17)14(9-12)11-3-6-13(16)7-4-11/h3-10H,1-2H3. The number of halogens is 2. The van der Waals surface area contributed by atoms with Crippen LogP contribution < -0.4 is 0 Å². The molecule has 0 spiro atoms. The molecule has 0 aromatic heterocycles. The molecule has 0 nitrogen and oxygen atoms in total. The van der Waals surface area contributed by atoms with Gasteiger partial charge in [-0.05, 0) is 41.3 Å². The second-order valence-electron chi connectivity index (χ2n) is 4.40. The molecule has 0 atom stereocenters. The van der Waals surface area contributed by atoms with Crippen molar-refractivity contribution in [1.29, 1.82) is 0 Å². The van der Waals surface area contributed by atoms with Gasteiger partial charge in [0.15, 0.2) is 0 Å². The van der Waals surface area contributed by atoms with Crippen LogP contribution in [0.4, 0.5) is 4.39 Å². The van der Waals surface area contributed by atoms with Crippen LogP contribution in [-0.4, -0.2) is 0 Å². The van der Waals surface area contributed by atoms with E-state index in [1.165, 1.54) is 6.07 Å². The van der Waals surface area contributed by atoms with E-state index in [4.69, 9.17) is 11.6 Å². The molecule has 0 saturated carbocycles. The highest BCUT2D eigenvalue weighted by atomic mass is 35.5. The molecule has 0 heterocycles. The fourth-order valence-corrected chi connectivity index (χ4v) is 1.88. The Hall–Kier alpha value is -1.34. The number of benzene rings is 2. The van der Waals surface area contributed by atoms with Crippen LogP contribution in [0.3, 0.4) is 0 Å². The molecule has 0 saturated heterocycles. The van der Waals surface area contributed by atoms with Gasteiger partial charge in [0, 0.05) is 10.6 Å². The Kier molecular flexibility index (Phi) is 3.49. The first kappa shape index (κ1) is 12.1. The Labute approximate surface area is 106 Å². The van der Waals surface area contributed by atoms with Gasteiger partial charge >= 0.3 is 0 Å². The van der Waals surface area contributed by atoms with Crippen LogP contribution in [0, 0.1) is 5.82 Å². The maximum absolute atomic E-state index is 13.8. The largest absolute Gasteiger partial charge is 0.206 e. The summed E-state index contributed by atoms with van der Waals surface area (Å²) in [6.07, 6.45) is 0. The van der Waals surface area contributed by atoms with Crippen molar-refractivity contribution in [3.63, 3.8) is 0 Å². The zero-order valence-corrected chi connectivity index (χ0v) is 10.6. The average Bonchev–Trinajstić information content (AvgIpc) is 2.31. The highest BCUT2D eigenvalue weighted by molar-refractivity contribution is 6.30. The van der Waals surface area contributed by atoms with E-state index < -0.39 is 0 Å². The Morgan fingerprint density at radius 2 is 1.65 bits per heavy atom. The zero-order valence-electron chi connectivity index (χ0n) is 9.87. The maximum atomic E-state index is 13.8. The summed E-state index contributed by atoms with van der Waals surface area (Å²) in [6.45, 7) is 4.19. The molecule has 0 amide bonds. The van der Waals surface area contributed by atoms with E-state index in [-0.39, 0.29) is 5.82 Å². The van der Waals surface area contributed by atoms with Gasteiger partial charge in [0.05, 0.1) is 0 Å². The first-order valence-corrected chi connectivity index (χ1v) is 6.01. The molecule has 0 unspecified atom stereocenters. The van der Waals surface area contributed by atoms with Crippen molar-refractivity contribution in [1.82, 2.24) is 0 Å². The van der Waals surface area contributed by atoms with Crippen LogP contribution in [0.25, 0.3) is 11.1 Å². The molecule has 0 aliphatic heterocycles. The lowest BCUT2D eigenvalue weighted by Crippen LogP contribution is -1.91. The molecule has 0 N–H and O–H groups in total. The van der Waals surface area contributed by atoms with E-state index >= 15 is 0 Å². The second kappa shape index (κ2) is 4.89. The molecule has 0 aliphatic carbocycles. The molecule has 17 heavy (non-hydrogen) atoms. The van der Waals surface area contributed by atoms with Crippen molar-refractivity contribution in [2.45, 2.75) is 19.8 Å². The maximum Gasteiger partial charge on any atom is 0.131 e. The highest BCUT2D eigenvalue weighted by Gasteiger charge is 2.08. The van der Waals surface area contributed by atoms with Crippen LogP contribution in [-0.2, 0) is 0 Å². The summed E-state index contributed by atoms with van der Waals surface area (Å²) < 4.78 is 13.8. The van der Waals surface area contributed by atoms with Gasteiger partial charge in [0.25, 0.3) is 0 Å². The zero-order chi connectivity index (χ0) is 12.4. The molecular weight excluding hydrogens is 235 g/mol. The van der Waals surface area contributed by atoms with Gasteiger partial charge in [-0.25, -0.2) is 4.39 Å². The Bertz CT molecular complexity index is 515. The minimum absolute atomic E-state index is 0.197. The summed E-state index contributed by atoms with van der Waals surface area (Å²) in [5.74, 6) is 0.193. The molecule has 2 heteroatoms. The van der Waals surface area contributed by atoms with Crippen LogP contribution in [0.2, 0.25) is 5.02 Å². The van der Waals surface area contributed by atoms with Crippen LogP contribution in [0.5, 0.6) is 0 Å². The van der Waals surface area contributed by atoms with E-state index in [9.17, 15) is 4.39 Å². The topological polar surface area (TPSA) is 0 Å². The van der Waals surface area contributed by atoms with Crippen molar-refractivity contribution in [3.8, 4) is 11.1 Å². The van der Waals surface area contributed by atoms with E-state index in [0.717, 1.165) is 11.1 Å². The van der Waals surface area contributed by atoms with Crippen LogP contribution in [0.15, 0.2) is 42.5 Å².